The van der Waals surface area contributed by atoms with Gasteiger partial charge < -0.3 is 14.6 Å². The van der Waals surface area contributed by atoms with Gasteiger partial charge in [-0.25, -0.2) is 0 Å². The number of hydrogen-bond acceptors (Lipinski definition) is 5. The van der Waals surface area contributed by atoms with Crippen molar-refractivity contribution >= 4 is 34.1 Å². The number of hydrogen-bond donors (Lipinski definition) is 1. The number of aromatic amines is 1. The van der Waals surface area contributed by atoms with Gasteiger partial charge in [-0.2, -0.15) is 0 Å². The minimum absolute atomic E-state index is 0.0445. The van der Waals surface area contributed by atoms with Gasteiger partial charge in [-0.05, 0) is 63.9 Å². The summed E-state index contributed by atoms with van der Waals surface area (Å²) in [6.45, 7) is 9.87. The Balaban J connectivity index is 0.000000292. The molecule has 0 saturated heterocycles. The maximum absolute atomic E-state index is 12.9. The zero-order chi connectivity index (χ0) is 24.1. The number of fused-ring (bicyclic) bond motifs is 2. The first kappa shape index (κ1) is 24.7. The van der Waals surface area contributed by atoms with Crippen LogP contribution in [0.5, 0.6) is 0 Å². The molecule has 2 atom stereocenters. The summed E-state index contributed by atoms with van der Waals surface area (Å²) in [7, 11) is 2.15. The lowest BCUT2D eigenvalue weighted by Gasteiger charge is -2.40. The van der Waals surface area contributed by atoms with Crippen LogP contribution in [0, 0.1) is 5.92 Å². The fourth-order valence-electron chi connectivity index (χ4n) is 4.79. The van der Waals surface area contributed by atoms with Gasteiger partial charge in [-0.1, -0.05) is 18.2 Å². The van der Waals surface area contributed by atoms with Crippen molar-refractivity contribution in [1.82, 2.24) is 14.8 Å². The molecule has 0 fully saturated rings. The van der Waals surface area contributed by atoms with E-state index in [1.54, 1.807) is 6.92 Å². The molecule has 7 heteroatoms. The van der Waals surface area contributed by atoms with Crippen molar-refractivity contribution in [2.24, 2.45) is 5.92 Å². The number of nitrogens with one attached hydrogen (secondary N) is 1. The molecule has 1 aromatic carbocycles. The van der Waals surface area contributed by atoms with Gasteiger partial charge in [0, 0.05) is 42.8 Å². The van der Waals surface area contributed by atoms with Gasteiger partial charge in [-0.3, -0.25) is 19.3 Å². The fourth-order valence-corrected chi connectivity index (χ4v) is 4.79. The summed E-state index contributed by atoms with van der Waals surface area (Å²) in [6.07, 6.45) is 5.31. The number of aromatic nitrogens is 1. The first-order chi connectivity index (χ1) is 15.8. The second kappa shape index (κ2) is 10.8. The van der Waals surface area contributed by atoms with Crippen molar-refractivity contribution in [3.63, 3.8) is 0 Å². The molecule has 7 nitrogen and oxygen atoms in total. The number of ketones is 1. The van der Waals surface area contributed by atoms with Crippen molar-refractivity contribution in [2.45, 2.75) is 46.6 Å². The summed E-state index contributed by atoms with van der Waals surface area (Å²) >= 11 is 0. The van der Waals surface area contributed by atoms with Crippen LogP contribution >= 0.6 is 0 Å². The minimum atomic E-state index is -0.440. The number of nitrogens with zero attached hydrogens (tertiary/aromatic N) is 2. The molecule has 2 aliphatic rings. The normalized spacial score (nSPS) is 19.1. The van der Waals surface area contributed by atoms with Crippen LogP contribution in [0.3, 0.4) is 0 Å². The number of rotatable bonds is 6. The zero-order valence-corrected chi connectivity index (χ0v) is 20.3. The highest BCUT2D eigenvalue weighted by Crippen LogP contribution is 2.40. The van der Waals surface area contributed by atoms with Crippen molar-refractivity contribution in [3.05, 3.63) is 41.6 Å². The third kappa shape index (κ3) is 5.36. The minimum Gasteiger partial charge on any atom is -0.466 e. The van der Waals surface area contributed by atoms with E-state index in [9.17, 15) is 14.4 Å². The van der Waals surface area contributed by atoms with Gasteiger partial charge >= 0.3 is 5.97 Å². The van der Waals surface area contributed by atoms with E-state index in [4.69, 9.17) is 0 Å². The molecule has 1 aromatic heterocycles. The maximum atomic E-state index is 12.9. The number of esters is 1. The molecule has 4 rings (SSSR count). The summed E-state index contributed by atoms with van der Waals surface area (Å²) in [6, 6.07) is 6.82. The highest BCUT2D eigenvalue weighted by molar-refractivity contribution is 5.99. The van der Waals surface area contributed by atoms with Crippen LogP contribution in [0.25, 0.3) is 16.5 Å². The predicted molar refractivity (Wildman–Crippen MR) is 130 cm³/mol. The average Bonchev–Trinajstić information content (AvgIpc) is 3.19. The van der Waals surface area contributed by atoms with E-state index in [0.29, 0.717) is 12.6 Å². The van der Waals surface area contributed by atoms with Crippen LogP contribution < -0.4 is 0 Å². The Morgan fingerprint density at radius 2 is 1.91 bits per heavy atom. The van der Waals surface area contributed by atoms with Gasteiger partial charge in [0.25, 0.3) is 0 Å². The van der Waals surface area contributed by atoms with Crippen LogP contribution in [0.4, 0.5) is 0 Å². The molecule has 1 aliphatic carbocycles. The molecular weight excluding hydrogens is 418 g/mol. The summed E-state index contributed by atoms with van der Waals surface area (Å²) in [5, 5.41) is 1.34. The lowest BCUT2D eigenvalue weighted by Crippen LogP contribution is -2.47. The zero-order valence-electron chi connectivity index (χ0n) is 20.3. The van der Waals surface area contributed by atoms with Gasteiger partial charge in [0.15, 0.2) is 0 Å². The second-order valence-electron chi connectivity index (χ2n) is 8.62. The topological polar surface area (TPSA) is 82.7 Å². The molecule has 2 heterocycles. The van der Waals surface area contributed by atoms with E-state index in [1.807, 2.05) is 4.90 Å². The molecule has 0 bridgehead atoms. The molecule has 33 heavy (non-hydrogen) atoms. The van der Waals surface area contributed by atoms with E-state index < -0.39 is 5.97 Å². The lowest BCUT2D eigenvalue weighted by atomic mass is 9.79. The van der Waals surface area contributed by atoms with Crippen LogP contribution in [-0.4, -0.2) is 71.8 Å². The monoisotopic (exact) mass is 453 g/mol. The van der Waals surface area contributed by atoms with Gasteiger partial charge in [0.2, 0.25) is 5.91 Å². The Hall–Kier alpha value is -2.93. The molecule has 1 aliphatic heterocycles. The van der Waals surface area contributed by atoms with E-state index in [0.717, 1.165) is 26.1 Å². The standard InChI is InChI=1S/C20H25N3O.C6H10O3/c1-4-23(5-2)20(24)14-9-16-15-7-6-8-17-19(15)13(11-21-17)10-18(16)22(3)12-14;1-3-9-6(8)4-5(2)7/h6-9,11,14,18,21H,4-5,10,12H2,1-3H3;3-4H2,1-2H3/t14-,18-;/m1./s1. The first-order valence-corrected chi connectivity index (χ1v) is 11.8. The molecule has 178 valence electrons. The number of amides is 1. The van der Waals surface area contributed by atoms with Crippen LogP contribution in [0.2, 0.25) is 0 Å². The summed E-state index contributed by atoms with van der Waals surface area (Å²) < 4.78 is 4.49. The Kier molecular flexibility index (Phi) is 8.08. The first-order valence-electron chi connectivity index (χ1n) is 11.8. The summed E-state index contributed by atoms with van der Waals surface area (Å²) in [4.78, 5) is 41.2. The van der Waals surface area contributed by atoms with Crippen molar-refractivity contribution in [3.8, 4) is 0 Å². The molecule has 0 unspecified atom stereocenters. The van der Waals surface area contributed by atoms with Gasteiger partial charge in [0.05, 0.1) is 12.5 Å². The average molecular weight is 454 g/mol. The SMILES string of the molecule is CCN(CC)C(=O)[C@@H]1C=C2c3cccc4[nH]cc(c34)C[C@H]2N(C)C1.CCOC(=O)CC(C)=O. The molecular formula is C26H35N3O4. The Morgan fingerprint density at radius 1 is 1.18 bits per heavy atom. The quantitative estimate of drug-likeness (QED) is 0.535. The van der Waals surface area contributed by atoms with E-state index in [1.165, 1.54) is 34.5 Å². The molecule has 1 amide bonds. The summed E-state index contributed by atoms with van der Waals surface area (Å²) in [5.41, 5.74) is 5.21. The smallest absolute Gasteiger partial charge is 0.313 e. The van der Waals surface area contributed by atoms with E-state index in [2.05, 4.69) is 66.0 Å². The fraction of sp³-hybridized carbons (Fsp3) is 0.500. The number of Topliss-reactive ketones (excluding diaryl/α,β-unsaturated/α-hetero) is 1. The van der Waals surface area contributed by atoms with Crippen molar-refractivity contribution in [2.75, 3.05) is 33.3 Å². The molecule has 0 spiro atoms. The maximum Gasteiger partial charge on any atom is 0.313 e. The van der Waals surface area contributed by atoms with Crippen LogP contribution in [0.15, 0.2) is 30.5 Å². The number of carbonyl (C=O) groups is 3. The third-order valence-electron chi connectivity index (χ3n) is 6.36. The second-order valence-corrected chi connectivity index (χ2v) is 8.62. The Morgan fingerprint density at radius 3 is 2.55 bits per heavy atom. The third-order valence-corrected chi connectivity index (χ3v) is 6.36. The number of ether oxygens (including phenoxy) is 1. The van der Waals surface area contributed by atoms with Crippen LogP contribution in [0.1, 0.15) is 45.2 Å². The Bertz CT molecular complexity index is 1050. The highest BCUT2D eigenvalue weighted by Gasteiger charge is 2.36. The van der Waals surface area contributed by atoms with Crippen LogP contribution in [-0.2, 0) is 25.5 Å². The summed E-state index contributed by atoms with van der Waals surface area (Å²) in [5.74, 6) is -0.389. The highest BCUT2D eigenvalue weighted by atomic mass is 16.5. The largest absolute Gasteiger partial charge is 0.466 e. The van der Waals surface area contributed by atoms with E-state index in [-0.39, 0.29) is 24.0 Å². The van der Waals surface area contributed by atoms with Crippen molar-refractivity contribution in [1.29, 1.82) is 0 Å². The number of H-pyrrole nitrogens is 1. The van der Waals surface area contributed by atoms with Gasteiger partial charge in [-0.15, -0.1) is 0 Å². The number of likely N-dealkylation sites (N-methyl/N-ethyl adjacent to an activating group) is 1. The molecule has 0 radical (unpaired) electrons. The Labute approximate surface area is 195 Å². The number of benzene rings is 1. The molecule has 2 aromatic rings. The molecule has 1 N–H and O–H groups in total. The van der Waals surface area contributed by atoms with E-state index >= 15 is 0 Å². The lowest BCUT2D eigenvalue weighted by molar-refractivity contribution is -0.145. The van der Waals surface area contributed by atoms with Gasteiger partial charge in [0.1, 0.15) is 12.2 Å². The van der Waals surface area contributed by atoms with Crippen molar-refractivity contribution < 1.29 is 19.1 Å². The molecule has 0 saturated carbocycles. The number of carbonyl (C=O) groups excluding carboxylic acids is 3. The predicted octanol–water partition coefficient (Wildman–Crippen LogP) is 3.43.